The first-order valence-electron chi connectivity index (χ1n) is 6.14. The zero-order valence-corrected chi connectivity index (χ0v) is 9.96. The molecule has 94 valence electrons. The minimum Gasteiger partial charge on any atom is -0.481 e. The second-order valence-corrected chi connectivity index (χ2v) is 4.89. The SMILES string of the molecule is CC(c1nn[nH]n1)C(CC1CCCC1)C(=O)O. The molecule has 2 unspecified atom stereocenters. The molecule has 0 radical (unpaired) electrons. The third-order valence-electron chi connectivity index (χ3n) is 3.75. The van der Waals surface area contributed by atoms with Crippen molar-refractivity contribution in [1.29, 1.82) is 0 Å². The Morgan fingerprint density at radius 2 is 2.24 bits per heavy atom. The zero-order valence-electron chi connectivity index (χ0n) is 9.96. The molecular weight excluding hydrogens is 220 g/mol. The van der Waals surface area contributed by atoms with Crippen LogP contribution in [0.2, 0.25) is 0 Å². The molecule has 0 saturated heterocycles. The van der Waals surface area contributed by atoms with Gasteiger partial charge >= 0.3 is 5.97 Å². The van der Waals surface area contributed by atoms with Crippen LogP contribution in [-0.2, 0) is 4.79 Å². The van der Waals surface area contributed by atoms with E-state index in [1.807, 2.05) is 6.92 Å². The number of tetrazole rings is 1. The summed E-state index contributed by atoms with van der Waals surface area (Å²) in [5.74, 6) is -0.308. The second-order valence-electron chi connectivity index (χ2n) is 4.89. The van der Waals surface area contributed by atoms with Gasteiger partial charge in [-0.3, -0.25) is 4.79 Å². The van der Waals surface area contributed by atoms with Crippen molar-refractivity contribution in [3.05, 3.63) is 5.82 Å². The second kappa shape index (κ2) is 5.25. The lowest BCUT2D eigenvalue weighted by Crippen LogP contribution is -2.23. The van der Waals surface area contributed by atoms with Crippen LogP contribution in [-0.4, -0.2) is 31.7 Å². The molecule has 6 heteroatoms. The van der Waals surface area contributed by atoms with E-state index in [1.165, 1.54) is 12.8 Å². The number of aromatic amines is 1. The van der Waals surface area contributed by atoms with Gasteiger partial charge in [0.05, 0.1) is 5.92 Å². The van der Waals surface area contributed by atoms with Gasteiger partial charge in [0.1, 0.15) is 0 Å². The smallest absolute Gasteiger partial charge is 0.307 e. The summed E-state index contributed by atoms with van der Waals surface area (Å²) >= 11 is 0. The fourth-order valence-electron chi connectivity index (χ4n) is 2.67. The van der Waals surface area contributed by atoms with Gasteiger partial charge in [-0.25, -0.2) is 0 Å². The lowest BCUT2D eigenvalue weighted by atomic mass is 9.84. The van der Waals surface area contributed by atoms with E-state index in [1.54, 1.807) is 0 Å². The Hall–Kier alpha value is -1.46. The van der Waals surface area contributed by atoms with Gasteiger partial charge in [0, 0.05) is 5.92 Å². The molecule has 1 aliphatic carbocycles. The molecule has 1 heterocycles. The Bertz CT molecular complexity index is 360. The van der Waals surface area contributed by atoms with Crippen molar-refractivity contribution >= 4 is 5.97 Å². The first-order valence-corrected chi connectivity index (χ1v) is 6.14. The summed E-state index contributed by atoms with van der Waals surface area (Å²) in [5.41, 5.74) is 0. The molecule has 0 bridgehead atoms. The maximum atomic E-state index is 11.3. The summed E-state index contributed by atoms with van der Waals surface area (Å²) in [5, 5.41) is 22.9. The van der Waals surface area contributed by atoms with Crippen LogP contribution >= 0.6 is 0 Å². The van der Waals surface area contributed by atoms with Crippen LogP contribution < -0.4 is 0 Å². The van der Waals surface area contributed by atoms with E-state index in [2.05, 4.69) is 20.6 Å². The molecule has 1 aromatic heterocycles. The highest BCUT2D eigenvalue weighted by Crippen LogP contribution is 2.35. The van der Waals surface area contributed by atoms with Crippen LogP contribution in [0.15, 0.2) is 0 Å². The summed E-state index contributed by atoms with van der Waals surface area (Å²) in [6.45, 7) is 1.86. The first kappa shape index (κ1) is 12.0. The van der Waals surface area contributed by atoms with Gasteiger partial charge in [-0.2, -0.15) is 5.21 Å². The van der Waals surface area contributed by atoms with Gasteiger partial charge in [0.2, 0.25) is 0 Å². The average molecular weight is 238 g/mol. The van der Waals surface area contributed by atoms with Crippen molar-refractivity contribution in [3.8, 4) is 0 Å². The van der Waals surface area contributed by atoms with Crippen molar-refractivity contribution in [2.75, 3.05) is 0 Å². The topological polar surface area (TPSA) is 91.8 Å². The van der Waals surface area contributed by atoms with E-state index in [-0.39, 0.29) is 5.92 Å². The Labute approximate surface area is 99.8 Å². The predicted octanol–water partition coefficient (Wildman–Crippen LogP) is 1.58. The number of rotatable bonds is 5. The quantitative estimate of drug-likeness (QED) is 0.812. The predicted molar refractivity (Wildman–Crippen MR) is 60.3 cm³/mol. The van der Waals surface area contributed by atoms with Gasteiger partial charge in [0.25, 0.3) is 0 Å². The van der Waals surface area contributed by atoms with Crippen LogP contribution in [0.25, 0.3) is 0 Å². The number of H-pyrrole nitrogens is 1. The maximum absolute atomic E-state index is 11.3. The lowest BCUT2D eigenvalue weighted by molar-refractivity contribution is -0.143. The van der Waals surface area contributed by atoms with Crippen LogP contribution in [0.5, 0.6) is 0 Å². The van der Waals surface area contributed by atoms with E-state index in [4.69, 9.17) is 0 Å². The Morgan fingerprint density at radius 3 is 2.76 bits per heavy atom. The van der Waals surface area contributed by atoms with E-state index in [9.17, 15) is 9.90 Å². The standard InChI is InChI=1S/C11H18N4O2/c1-7(10-12-14-15-13-10)9(11(16)17)6-8-4-2-3-5-8/h7-9H,2-6H2,1H3,(H,16,17)(H,12,13,14,15). The number of carboxylic acid groups (broad SMARTS) is 1. The largest absolute Gasteiger partial charge is 0.481 e. The molecule has 1 aromatic rings. The van der Waals surface area contributed by atoms with E-state index < -0.39 is 11.9 Å². The number of nitrogens with one attached hydrogen (secondary N) is 1. The average Bonchev–Trinajstić information content (AvgIpc) is 2.97. The number of nitrogens with zero attached hydrogens (tertiary/aromatic N) is 3. The molecule has 17 heavy (non-hydrogen) atoms. The van der Waals surface area contributed by atoms with Gasteiger partial charge in [-0.05, 0) is 12.3 Å². The fourth-order valence-corrected chi connectivity index (χ4v) is 2.67. The van der Waals surface area contributed by atoms with Crippen molar-refractivity contribution in [3.63, 3.8) is 0 Å². The fraction of sp³-hybridized carbons (Fsp3) is 0.818. The Morgan fingerprint density at radius 1 is 1.53 bits per heavy atom. The maximum Gasteiger partial charge on any atom is 0.307 e. The molecule has 1 saturated carbocycles. The summed E-state index contributed by atoms with van der Waals surface area (Å²) in [7, 11) is 0. The summed E-state index contributed by atoms with van der Waals surface area (Å²) in [4.78, 5) is 11.3. The minimum absolute atomic E-state index is 0.188. The van der Waals surface area contributed by atoms with Crippen molar-refractivity contribution in [2.24, 2.45) is 11.8 Å². The van der Waals surface area contributed by atoms with Crippen molar-refractivity contribution in [1.82, 2.24) is 20.6 Å². The third-order valence-corrected chi connectivity index (χ3v) is 3.75. The first-order chi connectivity index (χ1) is 8.18. The number of aromatic nitrogens is 4. The lowest BCUT2D eigenvalue weighted by Gasteiger charge is -2.20. The Balaban J connectivity index is 2.03. The highest BCUT2D eigenvalue weighted by molar-refractivity contribution is 5.71. The molecule has 1 fully saturated rings. The van der Waals surface area contributed by atoms with Crippen LogP contribution in [0.3, 0.4) is 0 Å². The summed E-state index contributed by atoms with van der Waals surface area (Å²) in [6.07, 6.45) is 5.50. The van der Waals surface area contributed by atoms with E-state index >= 15 is 0 Å². The molecule has 0 aliphatic heterocycles. The third kappa shape index (κ3) is 2.81. The van der Waals surface area contributed by atoms with Crippen LogP contribution in [0.1, 0.15) is 50.8 Å². The van der Waals surface area contributed by atoms with Gasteiger partial charge in [-0.1, -0.05) is 37.8 Å². The molecule has 1 aliphatic rings. The number of carbonyl (C=O) groups is 1. The number of hydrogen-bond acceptors (Lipinski definition) is 4. The molecule has 2 atom stereocenters. The highest BCUT2D eigenvalue weighted by Gasteiger charge is 2.32. The Kier molecular flexibility index (Phi) is 3.71. The van der Waals surface area contributed by atoms with Crippen LogP contribution in [0, 0.1) is 11.8 Å². The molecule has 2 rings (SSSR count). The molecular formula is C11H18N4O2. The van der Waals surface area contributed by atoms with E-state index in [0.29, 0.717) is 11.7 Å². The zero-order chi connectivity index (χ0) is 12.3. The monoisotopic (exact) mass is 238 g/mol. The van der Waals surface area contributed by atoms with Crippen LogP contribution in [0.4, 0.5) is 0 Å². The number of carboxylic acids is 1. The number of aliphatic carboxylic acids is 1. The van der Waals surface area contributed by atoms with E-state index in [0.717, 1.165) is 19.3 Å². The summed E-state index contributed by atoms with van der Waals surface area (Å²) in [6, 6.07) is 0. The van der Waals surface area contributed by atoms with Gasteiger partial charge in [-0.15, -0.1) is 10.2 Å². The summed E-state index contributed by atoms with van der Waals surface area (Å²) < 4.78 is 0. The van der Waals surface area contributed by atoms with Crippen molar-refractivity contribution < 1.29 is 9.90 Å². The van der Waals surface area contributed by atoms with Gasteiger partial charge in [0.15, 0.2) is 5.82 Å². The molecule has 0 spiro atoms. The molecule has 0 aromatic carbocycles. The van der Waals surface area contributed by atoms with Crippen molar-refractivity contribution in [2.45, 2.75) is 44.9 Å². The minimum atomic E-state index is -0.755. The molecule has 6 nitrogen and oxygen atoms in total. The molecule has 2 N–H and O–H groups in total. The normalized spacial score (nSPS) is 20.3. The highest BCUT2D eigenvalue weighted by atomic mass is 16.4. The van der Waals surface area contributed by atoms with Gasteiger partial charge < -0.3 is 5.11 Å². The number of hydrogen-bond donors (Lipinski definition) is 2. The molecule has 0 amide bonds.